The minimum Gasteiger partial charge on any atom is -0.336 e. The van der Waals surface area contributed by atoms with Crippen LogP contribution in [0.3, 0.4) is 0 Å². The van der Waals surface area contributed by atoms with Crippen LogP contribution in [-0.2, 0) is 11.3 Å². The molecular formula is C24H29N7O. The topological polar surface area (TPSA) is 88.0 Å². The van der Waals surface area contributed by atoms with E-state index in [2.05, 4.69) is 54.9 Å². The Hall–Kier alpha value is -3.26. The minimum atomic E-state index is 0.460. The maximum Gasteiger partial charge on any atom is 0.212 e. The molecule has 5 rings (SSSR count). The van der Waals surface area contributed by atoms with E-state index in [1.165, 1.54) is 57.2 Å². The molecule has 0 radical (unpaired) electrons. The van der Waals surface area contributed by atoms with Crippen molar-refractivity contribution in [1.29, 1.82) is 0 Å². The van der Waals surface area contributed by atoms with Crippen molar-refractivity contribution < 1.29 is 4.79 Å². The van der Waals surface area contributed by atoms with E-state index in [1.807, 2.05) is 12.3 Å². The molecule has 0 spiro atoms. The number of anilines is 3. The number of hydrogen-bond acceptors (Lipinski definition) is 6. The van der Waals surface area contributed by atoms with Crippen LogP contribution in [0.5, 0.6) is 0 Å². The number of carbonyl (C=O) groups excluding carboxylic acids is 1. The Kier molecular flexibility index (Phi) is 6.11. The Balaban J connectivity index is 1.34. The normalized spacial score (nSPS) is 17.0. The van der Waals surface area contributed by atoms with Crippen LogP contribution in [0.4, 0.5) is 17.3 Å². The van der Waals surface area contributed by atoms with Crippen LogP contribution in [0.15, 0.2) is 42.9 Å². The fourth-order valence-electron chi connectivity index (χ4n) is 4.74. The second kappa shape index (κ2) is 9.48. The van der Waals surface area contributed by atoms with E-state index >= 15 is 0 Å². The number of hydrogen-bond donors (Lipinski definition) is 2. The SMILES string of the molecule is O=CNc1nn(-c2ccc(CN3CCCC3)cc2)cc1Nc1cc(C2CCCC2)ncn1. The predicted molar refractivity (Wildman–Crippen MR) is 124 cm³/mol. The van der Waals surface area contributed by atoms with Gasteiger partial charge in [-0.15, -0.1) is 5.10 Å². The van der Waals surface area contributed by atoms with Crippen molar-refractivity contribution in [2.24, 2.45) is 0 Å². The molecule has 1 amide bonds. The summed E-state index contributed by atoms with van der Waals surface area (Å²) in [7, 11) is 0. The third-order valence-corrected chi connectivity index (χ3v) is 6.44. The summed E-state index contributed by atoms with van der Waals surface area (Å²) < 4.78 is 1.77. The molecule has 0 unspecified atom stereocenters. The van der Waals surface area contributed by atoms with E-state index in [0.29, 0.717) is 29.7 Å². The lowest BCUT2D eigenvalue weighted by atomic mass is 10.0. The number of aromatic nitrogens is 4. The highest BCUT2D eigenvalue weighted by molar-refractivity contribution is 5.80. The molecular weight excluding hydrogens is 402 g/mol. The third-order valence-electron chi connectivity index (χ3n) is 6.44. The van der Waals surface area contributed by atoms with Crippen molar-refractivity contribution in [2.45, 2.75) is 51.0 Å². The molecule has 32 heavy (non-hydrogen) atoms. The van der Waals surface area contributed by atoms with E-state index in [0.717, 1.165) is 17.9 Å². The number of nitrogens with zero attached hydrogens (tertiary/aromatic N) is 5. The molecule has 2 aromatic heterocycles. The van der Waals surface area contributed by atoms with Crippen LogP contribution >= 0.6 is 0 Å². The first-order valence-corrected chi connectivity index (χ1v) is 11.5. The van der Waals surface area contributed by atoms with Gasteiger partial charge in [0.05, 0.1) is 11.9 Å². The first-order chi connectivity index (χ1) is 15.8. The van der Waals surface area contributed by atoms with Gasteiger partial charge in [0.2, 0.25) is 6.41 Å². The van der Waals surface area contributed by atoms with E-state index in [9.17, 15) is 4.79 Å². The van der Waals surface area contributed by atoms with E-state index in [-0.39, 0.29) is 0 Å². The lowest BCUT2D eigenvalue weighted by molar-refractivity contribution is -0.105. The summed E-state index contributed by atoms with van der Waals surface area (Å²) in [5.74, 6) is 1.67. The van der Waals surface area contributed by atoms with Crippen molar-refractivity contribution in [3.05, 3.63) is 54.1 Å². The summed E-state index contributed by atoms with van der Waals surface area (Å²) in [6.07, 6.45) is 11.6. The highest BCUT2D eigenvalue weighted by Gasteiger charge is 2.19. The van der Waals surface area contributed by atoms with Crippen molar-refractivity contribution in [3.63, 3.8) is 0 Å². The third kappa shape index (κ3) is 4.65. The minimum absolute atomic E-state index is 0.460. The number of benzene rings is 1. The van der Waals surface area contributed by atoms with Gasteiger partial charge in [-0.05, 0) is 56.5 Å². The van der Waals surface area contributed by atoms with Gasteiger partial charge in [-0.1, -0.05) is 25.0 Å². The highest BCUT2D eigenvalue weighted by Crippen LogP contribution is 2.34. The Morgan fingerprint density at radius 3 is 2.56 bits per heavy atom. The van der Waals surface area contributed by atoms with Crippen LogP contribution in [0.2, 0.25) is 0 Å². The van der Waals surface area contributed by atoms with Gasteiger partial charge in [-0.25, -0.2) is 14.6 Å². The van der Waals surface area contributed by atoms with Crippen LogP contribution in [0, 0.1) is 0 Å². The van der Waals surface area contributed by atoms with E-state index in [1.54, 1.807) is 11.0 Å². The van der Waals surface area contributed by atoms with Crippen LogP contribution in [0.1, 0.15) is 55.7 Å². The molecule has 1 saturated carbocycles. The summed E-state index contributed by atoms with van der Waals surface area (Å²) in [5, 5.41) is 10.6. The largest absolute Gasteiger partial charge is 0.336 e. The molecule has 8 heteroatoms. The van der Waals surface area contributed by atoms with Gasteiger partial charge in [0.25, 0.3) is 0 Å². The molecule has 2 N–H and O–H groups in total. The molecule has 1 aliphatic carbocycles. The zero-order valence-electron chi connectivity index (χ0n) is 18.2. The lowest BCUT2D eigenvalue weighted by Crippen LogP contribution is -2.18. The molecule has 1 aliphatic heterocycles. The van der Waals surface area contributed by atoms with Crippen LogP contribution in [-0.4, -0.2) is 44.1 Å². The molecule has 3 aromatic rings. The van der Waals surface area contributed by atoms with Gasteiger partial charge in [-0.2, -0.15) is 0 Å². The predicted octanol–water partition coefficient (Wildman–Crippen LogP) is 4.23. The summed E-state index contributed by atoms with van der Waals surface area (Å²) in [6.45, 7) is 3.35. The summed E-state index contributed by atoms with van der Waals surface area (Å²) in [6, 6.07) is 10.4. The van der Waals surface area contributed by atoms with Crippen LogP contribution < -0.4 is 10.6 Å². The van der Waals surface area contributed by atoms with Gasteiger partial charge in [0.1, 0.15) is 17.8 Å². The number of carbonyl (C=O) groups is 1. The fraction of sp³-hybridized carbons (Fsp3) is 0.417. The number of likely N-dealkylation sites (tertiary alicyclic amines) is 1. The molecule has 1 aromatic carbocycles. The second-order valence-corrected chi connectivity index (χ2v) is 8.68. The van der Waals surface area contributed by atoms with Gasteiger partial charge in [0, 0.05) is 24.2 Å². The average Bonchev–Trinajstić information content (AvgIpc) is 3.58. The first kappa shape index (κ1) is 20.6. The molecule has 0 bridgehead atoms. The summed E-state index contributed by atoms with van der Waals surface area (Å²) in [5.41, 5.74) is 4.00. The maximum absolute atomic E-state index is 11.1. The monoisotopic (exact) mass is 431 g/mol. The molecule has 2 fully saturated rings. The Labute approximate surface area is 188 Å². The van der Waals surface area contributed by atoms with Gasteiger partial charge in [0.15, 0.2) is 5.82 Å². The smallest absolute Gasteiger partial charge is 0.212 e. The number of amides is 1. The van der Waals surface area contributed by atoms with Crippen molar-refractivity contribution in [1.82, 2.24) is 24.6 Å². The van der Waals surface area contributed by atoms with Gasteiger partial charge in [-0.3, -0.25) is 9.69 Å². The van der Waals surface area contributed by atoms with Crippen molar-refractivity contribution in [2.75, 3.05) is 23.7 Å². The molecule has 0 atom stereocenters. The maximum atomic E-state index is 11.1. The first-order valence-electron chi connectivity index (χ1n) is 11.5. The van der Waals surface area contributed by atoms with E-state index in [4.69, 9.17) is 0 Å². The lowest BCUT2D eigenvalue weighted by Gasteiger charge is -2.14. The Bertz CT molecular complexity index is 1050. The molecule has 3 heterocycles. The van der Waals surface area contributed by atoms with E-state index < -0.39 is 0 Å². The Morgan fingerprint density at radius 1 is 1.03 bits per heavy atom. The molecule has 1 saturated heterocycles. The highest BCUT2D eigenvalue weighted by atomic mass is 16.1. The number of rotatable bonds is 8. The summed E-state index contributed by atoms with van der Waals surface area (Å²) in [4.78, 5) is 22.5. The second-order valence-electron chi connectivity index (χ2n) is 8.68. The van der Waals surface area contributed by atoms with Crippen molar-refractivity contribution >= 4 is 23.7 Å². The molecule has 2 aliphatic rings. The van der Waals surface area contributed by atoms with Crippen molar-refractivity contribution in [3.8, 4) is 5.69 Å². The fourth-order valence-corrected chi connectivity index (χ4v) is 4.74. The van der Waals surface area contributed by atoms with Gasteiger partial charge >= 0.3 is 0 Å². The summed E-state index contributed by atoms with van der Waals surface area (Å²) >= 11 is 0. The molecule has 166 valence electrons. The number of nitrogens with one attached hydrogen (secondary N) is 2. The zero-order chi connectivity index (χ0) is 21.8. The standard InChI is InChI=1S/C24H29N7O/c32-17-27-24-22(28-23-13-21(25-16-26-23)19-5-1-2-6-19)15-31(29-24)20-9-7-18(8-10-20)14-30-11-3-4-12-30/h7-10,13,15-17,19H,1-6,11-12,14H2,(H,25,26,28)(H,27,29,32). The Morgan fingerprint density at radius 2 is 1.81 bits per heavy atom. The van der Waals surface area contributed by atoms with Gasteiger partial charge < -0.3 is 10.6 Å². The van der Waals surface area contributed by atoms with Crippen LogP contribution in [0.25, 0.3) is 5.69 Å². The quantitative estimate of drug-likeness (QED) is 0.519. The zero-order valence-corrected chi connectivity index (χ0v) is 18.2. The average molecular weight is 432 g/mol. The molecule has 8 nitrogen and oxygen atoms in total.